The molecule has 0 saturated carbocycles. The van der Waals surface area contributed by atoms with Gasteiger partial charge < -0.3 is 14.4 Å². The van der Waals surface area contributed by atoms with Gasteiger partial charge in [-0.1, -0.05) is 23.7 Å². The van der Waals surface area contributed by atoms with E-state index in [9.17, 15) is 4.79 Å². The van der Waals surface area contributed by atoms with E-state index in [0.717, 1.165) is 22.8 Å². The van der Waals surface area contributed by atoms with Gasteiger partial charge in [0.05, 0.1) is 28.6 Å². The standard InChI is InChI=1S/C22H22ClN3O3/c1-14-21(23)15(2)26(24-14)17-10-8-16(9-11-17)22(27)25(3)12-18-13-28-19-6-4-5-7-20(19)29-18/h4-11,18H,12-13H2,1-3H3. The molecule has 0 N–H and O–H groups in total. The molecule has 1 aliphatic rings. The molecule has 0 saturated heterocycles. The van der Waals surface area contributed by atoms with Crippen molar-refractivity contribution < 1.29 is 14.3 Å². The van der Waals surface area contributed by atoms with Gasteiger partial charge in [-0.3, -0.25) is 4.79 Å². The second-order valence-corrected chi connectivity index (χ2v) is 7.50. The summed E-state index contributed by atoms with van der Waals surface area (Å²) in [5.41, 5.74) is 3.11. The van der Waals surface area contributed by atoms with Crippen LogP contribution < -0.4 is 9.47 Å². The van der Waals surface area contributed by atoms with E-state index in [0.29, 0.717) is 29.5 Å². The number of ether oxygens (including phenoxy) is 2. The number of aromatic nitrogens is 2. The number of rotatable bonds is 4. The van der Waals surface area contributed by atoms with E-state index in [1.54, 1.807) is 28.8 Å². The highest BCUT2D eigenvalue weighted by molar-refractivity contribution is 6.31. The zero-order valence-electron chi connectivity index (χ0n) is 16.6. The van der Waals surface area contributed by atoms with Crippen molar-refractivity contribution in [3.05, 3.63) is 70.5 Å². The summed E-state index contributed by atoms with van der Waals surface area (Å²) >= 11 is 6.23. The number of fused-ring (bicyclic) bond motifs is 1. The van der Waals surface area contributed by atoms with E-state index in [1.165, 1.54) is 0 Å². The second-order valence-electron chi connectivity index (χ2n) is 7.13. The van der Waals surface area contributed by atoms with Crippen LogP contribution in [-0.4, -0.2) is 46.9 Å². The minimum Gasteiger partial charge on any atom is -0.486 e. The van der Waals surface area contributed by atoms with Crippen molar-refractivity contribution in [1.82, 2.24) is 14.7 Å². The van der Waals surface area contributed by atoms with Crippen LogP contribution in [0.3, 0.4) is 0 Å². The Morgan fingerprint density at radius 1 is 1.17 bits per heavy atom. The molecular formula is C22H22ClN3O3. The Labute approximate surface area is 174 Å². The van der Waals surface area contributed by atoms with Crippen molar-refractivity contribution in [3.8, 4) is 17.2 Å². The average Bonchev–Trinajstić information content (AvgIpc) is 3.00. The Balaban J connectivity index is 1.43. The maximum atomic E-state index is 12.8. The molecule has 0 radical (unpaired) electrons. The first-order chi connectivity index (χ1) is 13.9. The Morgan fingerprint density at radius 3 is 2.52 bits per heavy atom. The van der Waals surface area contributed by atoms with Gasteiger partial charge in [-0.05, 0) is 50.2 Å². The number of hydrogen-bond donors (Lipinski definition) is 0. The lowest BCUT2D eigenvalue weighted by Gasteiger charge is -2.29. The smallest absolute Gasteiger partial charge is 0.253 e. The summed E-state index contributed by atoms with van der Waals surface area (Å²) in [6.45, 7) is 4.63. The predicted octanol–water partition coefficient (Wildman–Crippen LogP) is 4.05. The number of hydrogen-bond acceptors (Lipinski definition) is 4. The van der Waals surface area contributed by atoms with Gasteiger partial charge in [-0.2, -0.15) is 5.10 Å². The molecule has 1 aliphatic heterocycles. The van der Waals surface area contributed by atoms with Crippen molar-refractivity contribution in [2.75, 3.05) is 20.2 Å². The highest BCUT2D eigenvalue weighted by atomic mass is 35.5. The summed E-state index contributed by atoms with van der Waals surface area (Å²) in [5.74, 6) is 1.36. The predicted molar refractivity (Wildman–Crippen MR) is 111 cm³/mol. The molecule has 29 heavy (non-hydrogen) atoms. The number of nitrogens with zero attached hydrogens (tertiary/aromatic N) is 3. The lowest BCUT2D eigenvalue weighted by atomic mass is 10.1. The van der Waals surface area contributed by atoms with Gasteiger partial charge >= 0.3 is 0 Å². The minimum absolute atomic E-state index is 0.0783. The quantitative estimate of drug-likeness (QED) is 0.649. The lowest BCUT2D eigenvalue weighted by Crippen LogP contribution is -2.41. The zero-order chi connectivity index (χ0) is 20.5. The molecule has 1 atom stereocenters. The molecule has 1 amide bonds. The van der Waals surface area contributed by atoms with Crippen molar-refractivity contribution in [2.24, 2.45) is 0 Å². The van der Waals surface area contributed by atoms with Crippen LogP contribution in [0.5, 0.6) is 11.5 Å². The van der Waals surface area contributed by atoms with E-state index in [2.05, 4.69) is 5.10 Å². The summed E-state index contributed by atoms with van der Waals surface area (Å²) in [6, 6.07) is 14.9. The van der Waals surface area contributed by atoms with E-state index >= 15 is 0 Å². The van der Waals surface area contributed by atoms with E-state index in [-0.39, 0.29) is 12.0 Å². The van der Waals surface area contributed by atoms with Crippen molar-refractivity contribution in [2.45, 2.75) is 20.0 Å². The van der Waals surface area contributed by atoms with Crippen LogP contribution in [0.2, 0.25) is 5.02 Å². The Kier molecular flexibility index (Phi) is 5.20. The first-order valence-corrected chi connectivity index (χ1v) is 9.78. The first-order valence-electron chi connectivity index (χ1n) is 9.40. The number of amides is 1. The summed E-state index contributed by atoms with van der Waals surface area (Å²) in [6.07, 6.45) is -0.213. The normalized spacial score (nSPS) is 15.2. The topological polar surface area (TPSA) is 56.6 Å². The summed E-state index contributed by atoms with van der Waals surface area (Å²) in [5, 5.41) is 5.10. The van der Waals surface area contributed by atoms with Gasteiger partial charge in [0.1, 0.15) is 6.61 Å². The molecule has 4 rings (SSSR count). The fraction of sp³-hybridized carbons (Fsp3) is 0.273. The molecule has 7 heteroatoms. The number of carbonyl (C=O) groups is 1. The molecule has 0 spiro atoms. The number of carbonyl (C=O) groups excluding carboxylic acids is 1. The molecule has 0 aliphatic carbocycles. The summed E-state index contributed by atoms with van der Waals surface area (Å²) in [4.78, 5) is 14.5. The Bertz CT molecular complexity index is 1050. The van der Waals surface area contributed by atoms with E-state index in [4.69, 9.17) is 21.1 Å². The molecule has 3 aromatic rings. The summed E-state index contributed by atoms with van der Waals surface area (Å²) in [7, 11) is 1.76. The average molecular weight is 412 g/mol. The van der Waals surface area contributed by atoms with Crippen molar-refractivity contribution >= 4 is 17.5 Å². The number of likely N-dealkylation sites (N-methyl/N-ethyl adjacent to an activating group) is 1. The summed E-state index contributed by atoms with van der Waals surface area (Å²) < 4.78 is 13.5. The van der Waals surface area contributed by atoms with Crippen LogP contribution in [0.25, 0.3) is 5.69 Å². The SMILES string of the molecule is Cc1nn(-c2ccc(C(=O)N(C)CC3COc4ccccc4O3)cc2)c(C)c1Cl. The van der Waals surface area contributed by atoms with Crippen LogP contribution in [-0.2, 0) is 0 Å². The molecule has 1 unspecified atom stereocenters. The third-order valence-electron chi connectivity index (χ3n) is 4.95. The molecule has 0 bridgehead atoms. The molecule has 1 aromatic heterocycles. The van der Waals surface area contributed by atoms with Gasteiger partial charge in [0, 0.05) is 12.6 Å². The largest absolute Gasteiger partial charge is 0.486 e. The minimum atomic E-state index is -0.213. The molecule has 0 fully saturated rings. The third kappa shape index (κ3) is 3.80. The molecule has 6 nitrogen and oxygen atoms in total. The molecule has 2 aromatic carbocycles. The van der Waals surface area contributed by atoms with Gasteiger partial charge in [0.2, 0.25) is 0 Å². The fourth-order valence-electron chi connectivity index (χ4n) is 3.38. The highest BCUT2D eigenvalue weighted by Gasteiger charge is 2.24. The van der Waals surface area contributed by atoms with E-state index in [1.807, 2.05) is 50.2 Å². The Morgan fingerprint density at radius 2 is 1.86 bits per heavy atom. The number of halogens is 1. The van der Waals surface area contributed by atoms with Crippen LogP contribution in [0.15, 0.2) is 48.5 Å². The number of benzene rings is 2. The van der Waals surface area contributed by atoms with Gasteiger partial charge in [0.25, 0.3) is 5.91 Å². The fourth-order valence-corrected chi connectivity index (χ4v) is 3.50. The molecule has 150 valence electrons. The third-order valence-corrected chi connectivity index (χ3v) is 5.50. The second kappa shape index (κ2) is 7.79. The number of aryl methyl sites for hydroxylation is 1. The number of para-hydroxylation sites is 2. The van der Waals surface area contributed by atoms with Gasteiger partial charge in [-0.25, -0.2) is 4.68 Å². The van der Waals surface area contributed by atoms with E-state index < -0.39 is 0 Å². The molecular weight excluding hydrogens is 390 g/mol. The first kappa shape index (κ1) is 19.3. The van der Waals surface area contributed by atoms with Crippen molar-refractivity contribution in [3.63, 3.8) is 0 Å². The maximum absolute atomic E-state index is 12.8. The maximum Gasteiger partial charge on any atom is 0.253 e. The Hall–Kier alpha value is -2.99. The lowest BCUT2D eigenvalue weighted by molar-refractivity contribution is 0.0521. The highest BCUT2D eigenvalue weighted by Crippen LogP contribution is 2.31. The zero-order valence-corrected chi connectivity index (χ0v) is 17.3. The molecule has 2 heterocycles. The van der Waals surface area contributed by atoms with Crippen molar-refractivity contribution in [1.29, 1.82) is 0 Å². The van der Waals surface area contributed by atoms with Crippen LogP contribution in [0.4, 0.5) is 0 Å². The van der Waals surface area contributed by atoms with Crippen LogP contribution in [0.1, 0.15) is 21.7 Å². The van der Waals surface area contributed by atoms with Crippen LogP contribution in [0, 0.1) is 13.8 Å². The van der Waals surface area contributed by atoms with Crippen LogP contribution >= 0.6 is 11.6 Å². The van der Waals surface area contributed by atoms with Gasteiger partial charge in [0.15, 0.2) is 17.6 Å². The van der Waals surface area contributed by atoms with Gasteiger partial charge in [-0.15, -0.1) is 0 Å². The monoisotopic (exact) mass is 411 g/mol.